The lowest BCUT2D eigenvalue weighted by atomic mass is 10.3. The first kappa shape index (κ1) is 9.92. The Bertz CT molecular complexity index is 472. The molecule has 1 N–H and O–H groups in total. The molecule has 0 aliphatic carbocycles. The van der Waals surface area contributed by atoms with Gasteiger partial charge in [0.2, 0.25) is 0 Å². The van der Waals surface area contributed by atoms with Gasteiger partial charge in [0, 0.05) is 8.45 Å². The molecule has 0 spiro atoms. The van der Waals surface area contributed by atoms with Gasteiger partial charge in [0.1, 0.15) is 0 Å². The Morgan fingerprint density at radius 3 is 2.79 bits per heavy atom. The van der Waals surface area contributed by atoms with Crippen molar-refractivity contribution in [1.29, 1.82) is 0 Å². The number of aromatic amines is 1. The molecule has 0 unspecified atom stereocenters. The molecule has 2 aromatic rings. The number of aldehydes is 1. The predicted molar refractivity (Wildman–Crippen MR) is 66.9 cm³/mol. The molecular formula is C10H8INOS. The topological polar surface area (TPSA) is 32.9 Å². The molecule has 2 nitrogen and oxygen atoms in total. The van der Waals surface area contributed by atoms with Crippen LogP contribution in [0, 0.1) is 10.5 Å². The lowest BCUT2D eigenvalue weighted by Crippen LogP contribution is -1.77. The summed E-state index contributed by atoms with van der Waals surface area (Å²) in [7, 11) is 0. The predicted octanol–water partition coefficient (Wildman–Crippen LogP) is 3.47. The van der Waals surface area contributed by atoms with Crippen molar-refractivity contribution in [3.8, 4) is 10.6 Å². The fourth-order valence-corrected chi connectivity index (χ4v) is 3.09. The van der Waals surface area contributed by atoms with Crippen LogP contribution in [0.25, 0.3) is 10.6 Å². The van der Waals surface area contributed by atoms with Gasteiger partial charge < -0.3 is 4.98 Å². The maximum Gasteiger partial charge on any atom is 0.166 e. The number of aryl methyl sites for hydroxylation is 1. The Morgan fingerprint density at radius 1 is 1.50 bits per heavy atom. The van der Waals surface area contributed by atoms with Crippen molar-refractivity contribution < 1.29 is 4.79 Å². The van der Waals surface area contributed by atoms with Crippen molar-refractivity contribution in [2.24, 2.45) is 0 Å². The summed E-state index contributed by atoms with van der Waals surface area (Å²) in [6.45, 7) is 2.07. The monoisotopic (exact) mass is 317 g/mol. The quantitative estimate of drug-likeness (QED) is 0.668. The van der Waals surface area contributed by atoms with Crippen molar-refractivity contribution in [2.75, 3.05) is 0 Å². The highest BCUT2D eigenvalue weighted by Gasteiger charge is 2.08. The average molecular weight is 317 g/mol. The van der Waals surface area contributed by atoms with Crippen molar-refractivity contribution in [3.05, 3.63) is 32.3 Å². The molecule has 4 heteroatoms. The summed E-state index contributed by atoms with van der Waals surface area (Å²) in [6.07, 6.45) is 0.839. The van der Waals surface area contributed by atoms with Gasteiger partial charge in [-0.3, -0.25) is 4.79 Å². The number of hydrogen-bond acceptors (Lipinski definition) is 2. The van der Waals surface area contributed by atoms with Gasteiger partial charge in [0.25, 0.3) is 0 Å². The van der Waals surface area contributed by atoms with E-state index in [1.807, 2.05) is 6.07 Å². The van der Waals surface area contributed by atoms with Crippen molar-refractivity contribution >= 4 is 40.2 Å². The molecule has 72 valence electrons. The lowest BCUT2D eigenvalue weighted by Gasteiger charge is -1.92. The third-order valence-corrected chi connectivity index (χ3v) is 3.77. The molecule has 0 bridgehead atoms. The van der Waals surface area contributed by atoms with Crippen LogP contribution in [-0.4, -0.2) is 11.3 Å². The van der Waals surface area contributed by atoms with E-state index in [1.165, 1.54) is 9.75 Å². The van der Waals surface area contributed by atoms with Crippen molar-refractivity contribution in [1.82, 2.24) is 4.98 Å². The molecule has 0 fully saturated rings. The van der Waals surface area contributed by atoms with E-state index in [9.17, 15) is 4.79 Å². The molecule has 2 aromatic heterocycles. The zero-order valence-electron chi connectivity index (χ0n) is 7.50. The van der Waals surface area contributed by atoms with Crippen LogP contribution in [0.1, 0.15) is 15.4 Å². The minimum absolute atomic E-state index is 0.635. The van der Waals surface area contributed by atoms with Crippen LogP contribution in [0.3, 0.4) is 0 Å². The van der Waals surface area contributed by atoms with Gasteiger partial charge in [-0.05, 0) is 47.7 Å². The van der Waals surface area contributed by atoms with Gasteiger partial charge in [0.05, 0.1) is 16.3 Å². The summed E-state index contributed by atoms with van der Waals surface area (Å²) >= 11 is 3.96. The van der Waals surface area contributed by atoms with E-state index in [0.717, 1.165) is 15.6 Å². The highest BCUT2D eigenvalue weighted by Crippen LogP contribution is 2.30. The summed E-state index contributed by atoms with van der Waals surface area (Å²) in [5.74, 6) is 0. The zero-order chi connectivity index (χ0) is 10.1. The summed E-state index contributed by atoms with van der Waals surface area (Å²) in [5.41, 5.74) is 1.68. The number of halogens is 1. The van der Waals surface area contributed by atoms with Crippen molar-refractivity contribution in [3.63, 3.8) is 0 Å². The first-order valence-electron chi connectivity index (χ1n) is 4.11. The molecule has 0 aliphatic heterocycles. The maximum absolute atomic E-state index is 10.6. The van der Waals surface area contributed by atoms with Crippen LogP contribution < -0.4 is 0 Å². The smallest absolute Gasteiger partial charge is 0.166 e. The fourth-order valence-electron chi connectivity index (χ4n) is 1.26. The van der Waals surface area contributed by atoms with Gasteiger partial charge in [-0.25, -0.2) is 0 Å². The Balaban J connectivity index is 2.50. The minimum Gasteiger partial charge on any atom is -0.351 e. The third-order valence-electron chi connectivity index (χ3n) is 1.90. The summed E-state index contributed by atoms with van der Waals surface area (Å²) in [4.78, 5) is 16.1. The highest BCUT2D eigenvalue weighted by atomic mass is 127. The summed E-state index contributed by atoms with van der Waals surface area (Å²) in [6, 6.07) is 6.01. The van der Waals surface area contributed by atoms with Crippen LogP contribution in [0.2, 0.25) is 0 Å². The van der Waals surface area contributed by atoms with E-state index < -0.39 is 0 Å². The van der Waals surface area contributed by atoms with Crippen LogP contribution in [0.5, 0.6) is 0 Å². The molecule has 0 aliphatic rings. The standard InChI is InChI=1S/C10H8INOS/c1-6-2-3-9(14-6)10-8(11)4-7(5-13)12-10/h2-5,12H,1H3. The van der Waals surface area contributed by atoms with E-state index in [0.29, 0.717) is 5.69 Å². The molecule has 0 amide bonds. The number of carbonyl (C=O) groups excluding carboxylic acids is 1. The number of H-pyrrole nitrogens is 1. The Labute approximate surface area is 99.5 Å². The molecule has 2 rings (SSSR count). The average Bonchev–Trinajstić information content (AvgIpc) is 2.71. The van der Waals surface area contributed by atoms with E-state index in [2.05, 4.69) is 46.6 Å². The highest BCUT2D eigenvalue weighted by molar-refractivity contribution is 14.1. The number of hydrogen-bond donors (Lipinski definition) is 1. The van der Waals surface area contributed by atoms with Gasteiger partial charge in [-0.1, -0.05) is 0 Å². The first-order chi connectivity index (χ1) is 6.70. The number of rotatable bonds is 2. The fraction of sp³-hybridized carbons (Fsp3) is 0.100. The molecule has 0 radical (unpaired) electrons. The van der Waals surface area contributed by atoms with Gasteiger partial charge in [-0.2, -0.15) is 0 Å². The molecule has 0 aromatic carbocycles. The van der Waals surface area contributed by atoms with Crippen LogP contribution in [0.15, 0.2) is 18.2 Å². The third kappa shape index (κ3) is 1.76. The number of aromatic nitrogens is 1. The lowest BCUT2D eigenvalue weighted by molar-refractivity contribution is 0.111. The van der Waals surface area contributed by atoms with E-state index in [-0.39, 0.29) is 0 Å². The molecule has 14 heavy (non-hydrogen) atoms. The van der Waals surface area contributed by atoms with Crippen LogP contribution in [-0.2, 0) is 0 Å². The zero-order valence-corrected chi connectivity index (χ0v) is 10.5. The van der Waals surface area contributed by atoms with E-state index in [1.54, 1.807) is 11.3 Å². The van der Waals surface area contributed by atoms with E-state index in [4.69, 9.17) is 0 Å². The first-order valence-corrected chi connectivity index (χ1v) is 6.00. The van der Waals surface area contributed by atoms with Gasteiger partial charge in [0.15, 0.2) is 6.29 Å². The molecule has 0 saturated carbocycles. The second-order valence-corrected chi connectivity index (χ2v) is 5.43. The summed E-state index contributed by atoms with van der Waals surface area (Å²) in [5, 5.41) is 0. The van der Waals surface area contributed by atoms with Crippen LogP contribution >= 0.6 is 33.9 Å². The molecule has 0 atom stereocenters. The largest absolute Gasteiger partial charge is 0.351 e. The summed E-state index contributed by atoms with van der Waals surface area (Å²) < 4.78 is 1.09. The second-order valence-electron chi connectivity index (χ2n) is 2.98. The Morgan fingerprint density at radius 2 is 2.29 bits per heavy atom. The van der Waals surface area contributed by atoms with Crippen molar-refractivity contribution in [2.45, 2.75) is 6.92 Å². The second kappa shape index (κ2) is 3.86. The van der Waals surface area contributed by atoms with Crippen LogP contribution in [0.4, 0.5) is 0 Å². The number of thiophene rings is 1. The molecule has 0 saturated heterocycles. The number of nitrogens with one attached hydrogen (secondary N) is 1. The molecule has 2 heterocycles. The Hall–Kier alpha value is -0.620. The minimum atomic E-state index is 0.635. The normalized spacial score (nSPS) is 10.4. The molecular weight excluding hydrogens is 309 g/mol. The maximum atomic E-state index is 10.6. The van der Waals surface area contributed by atoms with E-state index >= 15 is 0 Å². The Kier molecular flexibility index (Phi) is 2.73. The van der Waals surface area contributed by atoms with Gasteiger partial charge >= 0.3 is 0 Å². The SMILES string of the molecule is Cc1ccc(-c2[nH]c(C=O)cc2I)s1. The number of carbonyl (C=O) groups is 1. The van der Waals surface area contributed by atoms with Gasteiger partial charge in [-0.15, -0.1) is 11.3 Å².